The maximum atomic E-state index is 13.1. The molecular weight excluding hydrogens is 518 g/mol. The van der Waals surface area contributed by atoms with E-state index in [0.717, 1.165) is 5.56 Å². The Morgan fingerprint density at radius 3 is 1.95 bits per heavy atom. The lowest BCUT2D eigenvalue weighted by Crippen LogP contribution is -2.57. The molecule has 1 aromatic rings. The van der Waals surface area contributed by atoms with E-state index >= 15 is 0 Å². The first-order valence-electron chi connectivity index (χ1n) is 11.8. The van der Waals surface area contributed by atoms with E-state index in [1.165, 1.54) is 0 Å². The summed E-state index contributed by atoms with van der Waals surface area (Å²) in [4.78, 5) is 64.8. The fourth-order valence-electron chi connectivity index (χ4n) is 3.28. The van der Waals surface area contributed by atoms with Crippen LogP contribution in [0.15, 0.2) is 35.3 Å². The zero-order valence-corrected chi connectivity index (χ0v) is 21.6. The van der Waals surface area contributed by atoms with Gasteiger partial charge < -0.3 is 43.4 Å². The molecule has 4 unspecified atom stereocenters. The first-order valence-corrected chi connectivity index (χ1v) is 12.4. The highest BCUT2D eigenvalue weighted by atomic mass is 32.1. The number of nitrogens with one attached hydrogen (secondary N) is 3. The van der Waals surface area contributed by atoms with Crippen molar-refractivity contribution in [3.05, 3.63) is 35.9 Å². The van der Waals surface area contributed by atoms with Crippen molar-refractivity contribution in [1.82, 2.24) is 16.0 Å². The lowest BCUT2D eigenvalue weighted by atomic mass is 10.0. The number of rotatable bonds is 17. The summed E-state index contributed by atoms with van der Waals surface area (Å²) in [6.07, 6.45) is -0.296. The van der Waals surface area contributed by atoms with Gasteiger partial charge in [0.1, 0.15) is 18.1 Å². The molecule has 0 spiro atoms. The number of carbonyl (C=O) groups excluding carboxylic acids is 3. The maximum Gasteiger partial charge on any atom is 0.327 e. The van der Waals surface area contributed by atoms with Crippen LogP contribution in [0.1, 0.15) is 31.2 Å². The van der Waals surface area contributed by atoms with E-state index in [4.69, 9.17) is 22.3 Å². The Morgan fingerprint density at radius 1 is 0.868 bits per heavy atom. The number of carboxylic acid groups (broad SMARTS) is 2. The van der Waals surface area contributed by atoms with Crippen LogP contribution in [0.5, 0.6) is 0 Å². The molecule has 0 aliphatic rings. The van der Waals surface area contributed by atoms with Crippen LogP contribution in [0.3, 0.4) is 0 Å². The monoisotopic (exact) mass is 553 g/mol. The van der Waals surface area contributed by atoms with E-state index in [1.54, 1.807) is 30.3 Å². The number of aliphatic imine (C=N–C) groups is 1. The number of benzene rings is 1. The molecule has 0 saturated carbocycles. The number of nitrogens with two attached hydrogens (primary N) is 3. The van der Waals surface area contributed by atoms with E-state index in [9.17, 15) is 29.1 Å². The number of amides is 3. The predicted octanol–water partition coefficient (Wildman–Crippen LogP) is -2.06. The minimum absolute atomic E-state index is 0.0143. The molecule has 0 fully saturated rings. The third-order valence-electron chi connectivity index (χ3n) is 5.29. The van der Waals surface area contributed by atoms with Crippen molar-refractivity contribution in [3.8, 4) is 0 Å². The largest absolute Gasteiger partial charge is 0.481 e. The molecule has 0 radical (unpaired) electrons. The first-order chi connectivity index (χ1) is 17.9. The van der Waals surface area contributed by atoms with Gasteiger partial charge in [-0.2, -0.15) is 12.6 Å². The van der Waals surface area contributed by atoms with Crippen molar-refractivity contribution in [2.75, 3.05) is 12.3 Å². The van der Waals surface area contributed by atoms with Gasteiger partial charge in [0.05, 0.1) is 6.04 Å². The standard InChI is InChI=1S/C23H35N7O7S/c24-14(11-13-5-2-1-3-6-13)19(33)28-16(8-9-18(31)32)21(35)29-15(7-4-10-27-23(25)26)20(34)30-17(12-38)22(36)37/h1-3,5-6,14-17,38H,4,7-12,24H2,(H,28,33)(H,29,35)(H,30,34)(H,31,32)(H,36,37)(H4,25,26,27). The summed E-state index contributed by atoms with van der Waals surface area (Å²) in [6, 6.07) is 4.03. The maximum absolute atomic E-state index is 13.1. The predicted molar refractivity (Wildman–Crippen MR) is 142 cm³/mol. The number of guanidine groups is 1. The van der Waals surface area contributed by atoms with Gasteiger partial charge in [0.25, 0.3) is 0 Å². The van der Waals surface area contributed by atoms with Crippen LogP contribution in [0, 0.1) is 0 Å². The number of nitrogens with zero attached hydrogens (tertiary/aromatic N) is 1. The fourth-order valence-corrected chi connectivity index (χ4v) is 3.53. The second kappa shape index (κ2) is 16.8. The van der Waals surface area contributed by atoms with Gasteiger partial charge in [-0.15, -0.1) is 0 Å². The van der Waals surface area contributed by atoms with Crippen molar-refractivity contribution in [1.29, 1.82) is 0 Å². The third-order valence-corrected chi connectivity index (χ3v) is 5.66. The van der Waals surface area contributed by atoms with Gasteiger partial charge in [-0.3, -0.25) is 24.2 Å². The zero-order chi connectivity index (χ0) is 28.7. The minimum atomic E-state index is -1.33. The highest BCUT2D eigenvalue weighted by Gasteiger charge is 2.30. The van der Waals surface area contributed by atoms with Crippen molar-refractivity contribution >= 4 is 48.2 Å². The van der Waals surface area contributed by atoms with Crippen LogP contribution in [0.25, 0.3) is 0 Å². The van der Waals surface area contributed by atoms with Gasteiger partial charge in [0.15, 0.2) is 5.96 Å². The molecule has 0 heterocycles. The Kier molecular flexibility index (Phi) is 14.2. The molecule has 0 aromatic heterocycles. The molecule has 0 saturated heterocycles. The average molecular weight is 554 g/mol. The number of aliphatic carboxylic acids is 2. The highest BCUT2D eigenvalue weighted by molar-refractivity contribution is 7.80. The van der Waals surface area contributed by atoms with E-state index < -0.39 is 60.2 Å². The molecule has 0 aliphatic heterocycles. The number of hydrogen-bond donors (Lipinski definition) is 9. The smallest absolute Gasteiger partial charge is 0.327 e. The summed E-state index contributed by atoms with van der Waals surface area (Å²) in [6.45, 7) is 0.129. The lowest BCUT2D eigenvalue weighted by molar-refractivity contribution is -0.141. The van der Waals surface area contributed by atoms with Gasteiger partial charge in [-0.1, -0.05) is 30.3 Å². The summed E-state index contributed by atoms with van der Waals surface area (Å²) in [5.41, 5.74) is 17.4. The van der Waals surface area contributed by atoms with Crippen LogP contribution in [0.4, 0.5) is 0 Å². The minimum Gasteiger partial charge on any atom is -0.481 e. The van der Waals surface area contributed by atoms with E-state index in [1.807, 2.05) is 0 Å². The Hall–Kier alpha value is -3.85. The molecule has 1 rings (SSSR count). The number of carboxylic acids is 2. The van der Waals surface area contributed by atoms with E-state index in [2.05, 4.69) is 33.6 Å². The number of hydrogen-bond acceptors (Lipinski definition) is 8. The molecule has 11 N–H and O–H groups in total. The average Bonchev–Trinajstić information content (AvgIpc) is 2.86. The molecule has 3 amide bonds. The molecule has 15 heteroatoms. The topological polar surface area (TPSA) is 252 Å². The Morgan fingerprint density at radius 2 is 1.42 bits per heavy atom. The molecule has 38 heavy (non-hydrogen) atoms. The highest BCUT2D eigenvalue weighted by Crippen LogP contribution is 2.06. The Balaban J connectivity index is 3.01. The Bertz CT molecular complexity index is 990. The van der Waals surface area contributed by atoms with Crippen LogP contribution in [0.2, 0.25) is 0 Å². The molecular formula is C23H35N7O7S. The van der Waals surface area contributed by atoms with Gasteiger partial charge in [0.2, 0.25) is 17.7 Å². The van der Waals surface area contributed by atoms with Crippen LogP contribution in [-0.4, -0.2) is 82.3 Å². The second-order valence-electron chi connectivity index (χ2n) is 8.38. The quantitative estimate of drug-likeness (QED) is 0.0441. The summed E-state index contributed by atoms with van der Waals surface area (Å²) >= 11 is 3.90. The van der Waals surface area contributed by atoms with Gasteiger partial charge in [-0.25, -0.2) is 4.79 Å². The second-order valence-corrected chi connectivity index (χ2v) is 8.75. The molecule has 210 valence electrons. The molecule has 14 nitrogen and oxygen atoms in total. The zero-order valence-electron chi connectivity index (χ0n) is 20.7. The third kappa shape index (κ3) is 12.4. The van der Waals surface area contributed by atoms with Crippen molar-refractivity contribution in [2.45, 2.75) is 56.3 Å². The van der Waals surface area contributed by atoms with Gasteiger partial charge >= 0.3 is 11.9 Å². The summed E-state index contributed by atoms with van der Waals surface area (Å²) in [7, 11) is 0. The van der Waals surface area contributed by atoms with Crippen LogP contribution in [-0.2, 0) is 30.4 Å². The van der Waals surface area contributed by atoms with Crippen LogP contribution >= 0.6 is 12.6 Å². The lowest BCUT2D eigenvalue weighted by Gasteiger charge is -2.25. The summed E-state index contributed by atoms with van der Waals surface area (Å²) in [5, 5.41) is 25.5. The summed E-state index contributed by atoms with van der Waals surface area (Å²) in [5.74, 6) is -5.23. The molecule has 4 atom stereocenters. The van der Waals surface area contributed by atoms with Crippen molar-refractivity contribution in [2.24, 2.45) is 22.2 Å². The first kappa shape index (κ1) is 32.2. The molecule has 1 aromatic carbocycles. The van der Waals surface area contributed by atoms with Crippen LogP contribution < -0.4 is 33.2 Å². The van der Waals surface area contributed by atoms with Gasteiger partial charge in [0, 0.05) is 18.7 Å². The van der Waals surface area contributed by atoms with Crippen molar-refractivity contribution < 1.29 is 34.2 Å². The SMILES string of the molecule is NC(N)=NCCCC(NC(=O)C(CCC(=O)O)NC(=O)C(N)Cc1ccccc1)C(=O)NC(CS)C(=O)O. The van der Waals surface area contributed by atoms with E-state index in [0.29, 0.717) is 0 Å². The van der Waals surface area contributed by atoms with Crippen molar-refractivity contribution in [3.63, 3.8) is 0 Å². The van der Waals surface area contributed by atoms with Gasteiger partial charge in [-0.05, 0) is 31.2 Å². The Labute approximate surface area is 225 Å². The normalized spacial score (nSPS) is 13.7. The van der Waals surface area contributed by atoms with E-state index in [-0.39, 0.29) is 43.9 Å². The molecule has 0 aliphatic carbocycles. The number of carbonyl (C=O) groups is 5. The fraction of sp³-hybridized carbons (Fsp3) is 0.478. The molecule has 0 bridgehead atoms. The summed E-state index contributed by atoms with van der Waals surface area (Å²) < 4.78 is 0. The number of thiol groups is 1.